The predicted octanol–water partition coefficient (Wildman–Crippen LogP) is 1.11. The van der Waals surface area contributed by atoms with Gasteiger partial charge in [-0.1, -0.05) is 0 Å². The summed E-state index contributed by atoms with van der Waals surface area (Å²) in [7, 11) is 0. The normalized spacial score (nSPS) is 14.6. The molecule has 0 unspecified atom stereocenters. The highest BCUT2D eigenvalue weighted by atomic mass is 32.1. The minimum atomic E-state index is -0.113. The average Bonchev–Trinajstić information content (AvgIpc) is 2.75. The number of nitrogens with one attached hydrogen (secondary N) is 1. The molecule has 0 spiro atoms. The first-order valence-corrected chi connectivity index (χ1v) is 5.41. The highest BCUT2D eigenvalue weighted by molar-refractivity contribution is 7.14. The summed E-state index contributed by atoms with van der Waals surface area (Å²) in [4.78, 5) is 19.7. The fraction of sp³-hybridized carbons (Fsp3) is 0.333. The van der Waals surface area contributed by atoms with Crippen LogP contribution in [0.1, 0.15) is 17.0 Å². The molecule has 0 fully saturated rings. The van der Waals surface area contributed by atoms with Crippen LogP contribution in [0.3, 0.4) is 0 Å². The van der Waals surface area contributed by atoms with Crippen LogP contribution < -0.4 is 5.69 Å². The maximum atomic E-state index is 11.3. The SMILES string of the molecule is O=c1[nH]ccn1-c1nc2c(s1)CCC2. The van der Waals surface area contributed by atoms with Crippen molar-refractivity contribution in [2.45, 2.75) is 19.3 Å². The third-order valence-electron chi connectivity index (χ3n) is 2.44. The van der Waals surface area contributed by atoms with E-state index in [0.717, 1.165) is 18.0 Å². The van der Waals surface area contributed by atoms with E-state index in [-0.39, 0.29) is 5.69 Å². The number of aromatic nitrogens is 3. The van der Waals surface area contributed by atoms with Gasteiger partial charge in [0, 0.05) is 17.3 Å². The first-order chi connectivity index (χ1) is 6.84. The Morgan fingerprint density at radius 2 is 2.43 bits per heavy atom. The zero-order valence-corrected chi connectivity index (χ0v) is 8.30. The Bertz CT molecular complexity index is 501. The Labute approximate surface area is 84.2 Å². The Morgan fingerprint density at radius 1 is 1.50 bits per heavy atom. The average molecular weight is 207 g/mol. The maximum absolute atomic E-state index is 11.3. The van der Waals surface area contributed by atoms with Crippen LogP contribution in [0.4, 0.5) is 0 Å². The van der Waals surface area contributed by atoms with Crippen molar-refractivity contribution in [2.75, 3.05) is 0 Å². The summed E-state index contributed by atoms with van der Waals surface area (Å²) in [5, 5.41) is 0.793. The molecule has 0 radical (unpaired) electrons. The number of aromatic amines is 1. The molecular formula is C9H9N3OS. The molecule has 3 rings (SSSR count). The molecule has 0 atom stereocenters. The van der Waals surface area contributed by atoms with Crippen molar-refractivity contribution in [1.82, 2.24) is 14.5 Å². The summed E-state index contributed by atoms with van der Waals surface area (Å²) in [5.41, 5.74) is 1.07. The van der Waals surface area contributed by atoms with E-state index in [1.165, 1.54) is 17.0 Å². The van der Waals surface area contributed by atoms with Crippen LogP contribution in [-0.4, -0.2) is 14.5 Å². The third-order valence-corrected chi connectivity index (χ3v) is 3.60. The summed E-state index contributed by atoms with van der Waals surface area (Å²) < 4.78 is 1.56. The van der Waals surface area contributed by atoms with Gasteiger partial charge in [-0.3, -0.25) is 0 Å². The first-order valence-electron chi connectivity index (χ1n) is 4.59. The standard InChI is InChI=1S/C9H9N3OS/c13-8-10-4-5-12(8)9-11-6-2-1-3-7(6)14-9/h4-5H,1-3H2,(H,10,13). The number of thiazole rings is 1. The molecule has 0 aromatic carbocycles. The molecule has 0 saturated heterocycles. The Morgan fingerprint density at radius 3 is 3.14 bits per heavy atom. The van der Waals surface area contributed by atoms with E-state index in [2.05, 4.69) is 9.97 Å². The van der Waals surface area contributed by atoms with E-state index in [1.54, 1.807) is 28.3 Å². The van der Waals surface area contributed by atoms with Gasteiger partial charge >= 0.3 is 5.69 Å². The molecule has 0 amide bonds. The van der Waals surface area contributed by atoms with E-state index >= 15 is 0 Å². The zero-order chi connectivity index (χ0) is 9.54. The number of fused-ring (bicyclic) bond motifs is 1. The summed E-state index contributed by atoms with van der Waals surface area (Å²) in [6, 6.07) is 0. The lowest BCUT2D eigenvalue weighted by molar-refractivity contribution is 0.885. The maximum Gasteiger partial charge on any atom is 0.331 e. The van der Waals surface area contributed by atoms with Crippen molar-refractivity contribution in [3.05, 3.63) is 33.4 Å². The number of imidazole rings is 1. The van der Waals surface area contributed by atoms with Gasteiger partial charge in [0.1, 0.15) is 0 Å². The molecule has 1 aliphatic rings. The van der Waals surface area contributed by atoms with Gasteiger partial charge in [-0.25, -0.2) is 14.3 Å². The number of hydrogen-bond acceptors (Lipinski definition) is 3. The monoisotopic (exact) mass is 207 g/mol. The smallest absolute Gasteiger partial charge is 0.312 e. The van der Waals surface area contributed by atoms with Gasteiger partial charge in [0.15, 0.2) is 5.13 Å². The number of aryl methyl sites for hydroxylation is 2. The van der Waals surface area contributed by atoms with Gasteiger partial charge in [0.25, 0.3) is 0 Å². The largest absolute Gasteiger partial charge is 0.331 e. The van der Waals surface area contributed by atoms with Crippen LogP contribution in [0.25, 0.3) is 5.13 Å². The molecule has 5 heteroatoms. The molecule has 4 nitrogen and oxygen atoms in total. The van der Waals surface area contributed by atoms with Crippen LogP contribution >= 0.6 is 11.3 Å². The van der Waals surface area contributed by atoms with Gasteiger partial charge < -0.3 is 4.98 Å². The molecule has 1 aliphatic carbocycles. The van der Waals surface area contributed by atoms with Crippen LogP contribution in [0, 0.1) is 0 Å². The molecule has 0 bridgehead atoms. The van der Waals surface area contributed by atoms with Crippen molar-refractivity contribution >= 4 is 11.3 Å². The number of rotatable bonds is 1. The van der Waals surface area contributed by atoms with Crippen LogP contribution in [0.2, 0.25) is 0 Å². The molecule has 0 aliphatic heterocycles. The second-order valence-electron chi connectivity index (χ2n) is 3.36. The van der Waals surface area contributed by atoms with Crippen LogP contribution in [-0.2, 0) is 12.8 Å². The van der Waals surface area contributed by atoms with E-state index in [1.807, 2.05) is 0 Å². The minimum Gasteiger partial charge on any atom is -0.312 e. The third kappa shape index (κ3) is 1.05. The van der Waals surface area contributed by atoms with Gasteiger partial charge in [0.2, 0.25) is 0 Å². The summed E-state index contributed by atoms with van der Waals surface area (Å²) in [6.45, 7) is 0. The van der Waals surface area contributed by atoms with Crippen LogP contribution in [0.15, 0.2) is 17.2 Å². The fourth-order valence-electron chi connectivity index (χ4n) is 1.75. The Hall–Kier alpha value is -1.36. The summed E-state index contributed by atoms with van der Waals surface area (Å²) in [5.74, 6) is 0. The van der Waals surface area contributed by atoms with Gasteiger partial charge in [-0.05, 0) is 19.3 Å². The molecule has 0 saturated carbocycles. The summed E-state index contributed by atoms with van der Waals surface area (Å²) in [6.07, 6.45) is 6.73. The second-order valence-corrected chi connectivity index (χ2v) is 4.42. The lowest BCUT2D eigenvalue weighted by Crippen LogP contribution is -2.13. The van der Waals surface area contributed by atoms with Gasteiger partial charge in [-0.15, -0.1) is 11.3 Å². The quantitative estimate of drug-likeness (QED) is 0.761. The molecule has 14 heavy (non-hydrogen) atoms. The number of hydrogen-bond donors (Lipinski definition) is 1. The Kier molecular flexibility index (Phi) is 1.61. The topological polar surface area (TPSA) is 50.7 Å². The highest BCUT2D eigenvalue weighted by Crippen LogP contribution is 2.28. The molecule has 2 aromatic rings. The molecule has 1 N–H and O–H groups in total. The highest BCUT2D eigenvalue weighted by Gasteiger charge is 2.17. The van der Waals surface area contributed by atoms with Crippen molar-refractivity contribution in [2.24, 2.45) is 0 Å². The van der Waals surface area contributed by atoms with E-state index in [4.69, 9.17) is 0 Å². The Balaban J connectivity index is 2.14. The van der Waals surface area contributed by atoms with E-state index < -0.39 is 0 Å². The molecular weight excluding hydrogens is 198 g/mol. The van der Waals surface area contributed by atoms with Crippen molar-refractivity contribution in [1.29, 1.82) is 0 Å². The van der Waals surface area contributed by atoms with E-state index in [0.29, 0.717) is 0 Å². The van der Waals surface area contributed by atoms with Crippen LogP contribution in [0.5, 0.6) is 0 Å². The van der Waals surface area contributed by atoms with Gasteiger partial charge in [0.05, 0.1) is 5.69 Å². The second kappa shape index (κ2) is 2.81. The lowest BCUT2D eigenvalue weighted by atomic mass is 10.4. The van der Waals surface area contributed by atoms with Gasteiger partial charge in [-0.2, -0.15) is 0 Å². The van der Waals surface area contributed by atoms with Crippen molar-refractivity contribution in [3.8, 4) is 5.13 Å². The first kappa shape index (κ1) is 7.99. The molecule has 2 aromatic heterocycles. The van der Waals surface area contributed by atoms with Crippen molar-refractivity contribution in [3.63, 3.8) is 0 Å². The minimum absolute atomic E-state index is 0.113. The number of nitrogens with zero attached hydrogens (tertiary/aromatic N) is 2. The molecule has 2 heterocycles. The van der Waals surface area contributed by atoms with Crippen molar-refractivity contribution < 1.29 is 0 Å². The zero-order valence-electron chi connectivity index (χ0n) is 7.49. The predicted molar refractivity (Wildman–Crippen MR) is 54.1 cm³/mol. The van der Waals surface area contributed by atoms with E-state index in [9.17, 15) is 4.79 Å². The fourth-order valence-corrected chi connectivity index (χ4v) is 2.88. The number of H-pyrrole nitrogens is 1. The lowest BCUT2D eigenvalue weighted by Gasteiger charge is -1.92. The molecule has 72 valence electrons. The summed E-state index contributed by atoms with van der Waals surface area (Å²) >= 11 is 1.63.